The predicted molar refractivity (Wildman–Crippen MR) is 59.7 cm³/mol. The molecule has 2 nitrogen and oxygen atoms in total. The lowest BCUT2D eigenvalue weighted by Crippen LogP contribution is -2.40. The van der Waals surface area contributed by atoms with Gasteiger partial charge in [0.05, 0.1) is 5.60 Å². The molecule has 0 aliphatic carbocycles. The average molecular weight is 211 g/mol. The molecule has 0 amide bonds. The molecule has 0 atom stereocenters. The maximum atomic E-state index is 10.5. The summed E-state index contributed by atoms with van der Waals surface area (Å²) >= 11 is 1.72. The number of rotatable bonds is 1. The van der Waals surface area contributed by atoms with E-state index >= 15 is 0 Å². The molecule has 0 radical (unpaired) electrons. The molecule has 0 saturated carbocycles. The van der Waals surface area contributed by atoms with E-state index in [1.165, 1.54) is 4.88 Å². The molecule has 2 rings (SSSR count). The van der Waals surface area contributed by atoms with Gasteiger partial charge < -0.3 is 10.0 Å². The highest BCUT2D eigenvalue weighted by atomic mass is 32.1. The van der Waals surface area contributed by atoms with E-state index in [9.17, 15) is 5.11 Å². The quantitative estimate of drug-likeness (QED) is 0.767. The number of aryl methyl sites for hydroxylation is 1. The van der Waals surface area contributed by atoms with Crippen LogP contribution in [0, 0.1) is 6.92 Å². The van der Waals surface area contributed by atoms with Crippen molar-refractivity contribution in [3.8, 4) is 0 Å². The van der Waals surface area contributed by atoms with Crippen molar-refractivity contribution in [1.29, 1.82) is 0 Å². The minimum Gasteiger partial charge on any atom is -0.385 e. The lowest BCUT2D eigenvalue weighted by atomic mass is 9.86. The van der Waals surface area contributed by atoms with Gasteiger partial charge in [-0.3, -0.25) is 0 Å². The van der Waals surface area contributed by atoms with E-state index < -0.39 is 5.60 Å². The fourth-order valence-electron chi connectivity index (χ4n) is 1.96. The molecule has 1 aromatic heterocycles. The molecular formula is C11H17NOS. The van der Waals surface area contributed by atoms with Gasteiger partial charge in [-0.25, -0.2) is 0 Å². The first-order valence-electron chi connectivity index (χ1n) is 5.07. The molecule has 0 spiro atoms. The lowest BCUT2D eigenvalue weighted by molar-refractivity contribution is -0.0199. The Morgan fingerprint density at radius 1 is 1.43 bits per heavy atom. The topological polar surface area (TPSA) is 23.5 Å². The van der Waals surface area contributed by atoms with Crippen molar-refractivity contribution in [3.63, 3.8) is 0 Å². The number of thiophene rings is 1. The van der Waals surface area contributed by atoms with Crippen molar-refractivity contribution >= 4 is 11.3 Å². The van der Waals surface area contributed by atoms with E-state index in [1.807, 2.05) is 0 Å². The first-order chi connectivity index (χ1) is 6.60. The smallest absolute Gasteiger partial charge is 0.0929 e. The summed E-state index contributed by atoms with van der Waals surface area (Å²) in [4.78, 5) is 3.56. The number of likely N-dealkylation sites (tertiary alicyclic amines) is 1. The Labute approximate surface area is 89.2 Å². The van der Waals surface area contributed by atoms with E-state index in [2.05, 4.69) is 30.3 Å². The summed E-state index contributed by atoms with van der Waals surface area (Å²) in [5.41, 5.74) is 0.560. The Morgan fingerprint density at radius 3 is 2.57 bits per heavy atom. The highest BCUT2D eigenvalue weighted by molar-refractivity contribution is 7.10. The zero-order valence-corrected chi connectivity index (χ0v) is 9.60. The Morgan fingerprint density at radius 2 is 2.07 bits per heavy atom. The number of piperidine rings is 1. The third-order valence-corrected chi connectivity index (χ3v) is 3.94. The van der Waals surface area contributed by atoms with Gasteiger partial charge in [0.25, 0.3) is 0 Å². The molecule has 1 aliphatic heterocycles. The van der Waals surface area contributed by atoms with Crippen molar-refractivity contribution in [1.82, 2.24) is 4.90 Å². The summed E-state index contributed by atoms with van der Waals surface area (Å²) in [6, 6.07) is 2.12. The Kier molecular flexibility index (Phi) is 2.64. The molecule has 2 heterocycles. The molecule has 1 N–H and O–H groups in total. The Balaban J connectivity index is 2.16. The minimum absolute atomic E-state index is 0.558. The fraction of sp³-hybridized carbons (Fsp3) is 0.636. The van der Waals surface area contributed by atoms with Crippen LogP contribution >= 0.6 is 11.3 Å². The van der Waals surface area contributed by atoms with E-state index in [0.717, 1.165) is 31.5 Å². The summed E-state index contributed by atoms with van der Waals surface area (Å²) in [6.07, 6.45) is 1.72. The van der Waals surface area contributed by atoms with Gasteiger partial charge in [0, 0.05) is 18.0 Å². The molecule has 1 aliphatic rings. The van der Waals surface area contributed by atoms with E-state index in [1.54, 1.807) is 11.3 Å². The van der Waals surface area contributed by atoms with Crippen LogP contribution in [0.2, 0.25) is 0 Å². The largest absolute Gasteiger partial charge is 0.385 e. The second-order valence-electron chi connectivity index (χ2n) is 4.28. The van der Waals surface area contributed by atoms with Crippen molar-refractivity contribution in [2.45, 2.75) is 25.4 Å². The number of nitrogens with zero attached hydrogens (tertiary/aromatic N) is 1. The van der Waals surface area contributed by atoms with Crippen molar-refractivity contribution < 1.29 is 5.11 Å². The van der Waals surface area contributed by atoms with Gasteiger partial charge in [0.15, 0.2) is 0 Å². The highest BCUT2D eigenvalue weighted by Gasteiger charge is 2.33. The summed E-state index contributed by atoms with van der Waals surface area (Å²) in [5.74, 6) is 0. The average Bonchev–Trinajstić information content (AvgIpc) is 2.58. The zero-order chi connectivity index (χ0) is 10.2. The van der Waals surface area contributed by atoms with Crippen LogP contribution in [-0.2, 0) is 5.60 Å². The second kappa shape index (κ2) is 3.65. The molecule has 0 bridgehead atoms. The van der Waals surface area contributed by atoms with Crippen LogP contribution in [0.15, 0.2) is 11.4 Å². The molecule has 78 valence electrons. The molecule has 14 heavy (non-hydrogen) atoms. The monoisotopic (exact) mass is 211 g/mol. The summed E-state index contributed by atoms with van der Waals surface area (Å²) in [5, 5.41) is 12.6. The van der Waals surface area contributed by atoms with E-state index in [-0.39, 0.29) is 0 Å². The van der Waals surface area contributed by atoms with Gasteiger partial charge in [-0.15, -0.1) is 11.3 Å². The number of aliphatic hydroxyl groups is 1. The van der Waals surface area contributed by atoms with Gasteiger partial charge >= 0.3 is 0 Å². The highest BCUT2D eigenvalue weighted by Crippen LogP contribution is 2.34. The van der Waals surface area contributed by atoms with Gasteiger partial charge in [0.1, 0.15) is 0 Å². The van der Waals surface area contributed by atoms with Crippen LogP contribution in [0.3, 0.4) is 0 Å². The molecule has 0 aromatic carbocycles. The van der Waals surface area contributed by atoms with Crippen LogP contribution in [0.1, 0.15) is 23.3 Å². The van der Waals surface area contributed by atoms with Gasteiger partial charge in [-0.05, 0) is 43.8 Å². The van der Waals surface area contributed by atoms with Crippen molar-refractivity contribution in [2.75, 3.05) is 20.1 Å². The second-order valence-corrected chi connectivity index (χ2v) is 5.40. The minimum atomic E-state index is -0.558. The first-order valence-corrected chi connectivity index (χ1v) is 5.95. The summed E-state index contributed by atoms with van der Waals surface area (Å²) < 4.78 is 0. The van der Waals surface area contributed by atoms with E-state index in [0.29, 0.717) is 0 Å². The molecule has 1 saturated heterocycles. The molecule has 0 unspecified atom stereocenters. The SMILES string of the molecule is Cc1cc(C2(O)CCN(C)CC2)cs1. The van der Waals surface area contributed by atoms with Crippen molar-refractivity contribution in [3.05, 3.63) is 21.9 Å². The van der Waals surface area contributed by atoms with Gasteiger partial charge in [0.2, 0.25) is 0 Å². The van der Waals surface area contributed by atoms with E-state index in [4.69, 9.17) is 0 Å². The third-order valence-electron chi connectivity index (χ3n) is 3.08. The first kappa shape index (κ1) is 10.1. The normalized spacial score (nSPS) is 22.5. The third kappa shape index (κ3) is 1.85. The van der Waals surface area contributed by atoms with Crippen LogP contribution in [-0.4, -0.2) is 30.1 Å². The number of hydrogen-bond acceptors (Lipinski definition) is 3. The van der Waals surface area contributed by atoms with Crippen LogP contribution in [0.4, 0.5) is 0 Å². The van der Waals surface area contributed by atoms with Crippen LogP contribution in [0.5, 0.6) is 0 Å². The standard InChI is InChI=1S/C11H17NOS/c1-9-7-10(8-14-9)11(13)3-5-12(2)6-4-11/h7-8,13H,3-6H2,1-2H3. The molecule has 1 fully saturated rings. The van der Waals surface area contributed by atoms with Gasteiger partial charge in [-0.1, -0.05) is 0 Å². The van der Waals surface area contributed by atoms with Gasteiger partial charge in [-0.2, -0.15) is 0 Å². The lowest BCUT2D eigenvalue weighted by Gasteiger charge is -2.36. The summed E-state index contributed by atoms with van der Waals surface area (Å²) in [6.45, 7) is 4.07. The molecule has 1 aromatic rings. The molecular weight excluding hydrogens is 194 g/mol. The Hall–Kier alpha value is -0.380. The summed E-state index contributed by atoms with van der Waals surface area (Å²) in [7, 11) is 2.11. The Bertz CT molecular complexity index is 313. The predicted octanol–water partition coefficient (Wildman–Crippen LogP) is 1.97. The maximum Gasteiger partial charge on any atom is 0.0929 e. The maximum absolute atomic E-state index is 10.5. The van der Waals surface area contributed by atoms with Crippen LogP contribution < -0.4 is 0 Å². The zero-order valence-electron chi connectivity index (χ0n) is 8.79. The molecule has 3 heteroatoms. The fourth-order valence-corrected chi connectivity index (χ4v) is 2.76. The number of hydrogen-bond donors (Lipinski definition) is 1. The van der Waals surface area contributed by atoms with Crippen LogP contribution in [0.25, 0.3) is 0 Å². The van der Waals surface area contributed by atoms with Crippen molar-refractivity contribution in [2.24, 2.45) is 0 Å².